The molecule has 6 nitrogen and oxygen atoms in total. The van der Waals surface area contributed by atoms with Crippen molar-refractivity contribution in [2.45, 2.75) is 32.8 Å². The summed E-state index contributed by atoms with van der Waals surface area (Å²) in [4.78, 5) is 17.9. The maximum atomic E-state index is 11.4. The van der Waals surface area contributed by atoms with Gasteiger partial charge < -0.3 is 19.7 Å². The van der Waals surface area contributed by atoms with Gasteiger partial charge in [0.15, 0.2) is 5.96 Å². The molecule has 1 N–H and O–H groups in total. The minimum atomic E-state index is -0.206. The average molecular weight is 285 g/mol. The first-order valence-corrected chi connectivity index (χ1v) is 7.27. The van der Waals surface area contributed by atoms with Crippen molar-refractivity contribution in [1.29, 1.82) is 0 Å². The third-order valence-electron chi connectivity index (χ3n) is 3.53. The Bertz CT molecular complexity index is 326. The number of guanidine groups is 1. The smallest absolute Gasteiger partial charge is 0.310 e. The standard InChI is InChI=1S/C14H27N3O3/c1-5-20-12-6-8-17(9-7-12)14(15-3)16-10-11(2)13(18)19-4/h11-12H,5-10H2,1-4H3,(H,15,16). The van der Waals surface area contributed by atoms with E-state index in [1.54, 1.807) is 7.05 Å². The van der Waals surface area contributed by atoms with Gasteiger partial charge in [0.2, 0.25) is 0 Å². The van der Waals surface area contributed by atoms with Crippen LogP contribution in [0.3, 0.4) is 0 Å². The number of nitrogens with one attached hydrogen (secondary N) is 1. The van der Waals surface area contributed by atoms with Gasteiger partial charge in [-0.15, -0.1) is 0 Å². The molecule has 0 bridgehead atoms. The van der Waals surface area contributed by atoms with Crippen LogP contribution in [0.2, 0.25) is 0 Å². The van der Waals surface area contributed by atoms with Gasteiger partial charge in [-0.3, -0.25) is 9.79 Å². The van der Waals surface area contributed by atoms with Gasteiger partial charge in [0.25, 0.3) is 0 Å². The van der Waals surface area contributed by atoms with E-state index in [1.807, 2.05) is 13.8 Å². The second-order valence-corrected chi connectivity index (χ2v) is 4.99. The van der Waals surface area contributed by atoms with Crippen LogP contribution in [0.4, 0.5) is 0 Å². The van der Waals surface area contributed by atoms with Crippen LogP contribution in [0.25, 0.3) is 0 Å². The van der Waals surface area contributed by atoms with E-state index in [1.165, 1.54) is 7.11 Å². The van der Waals surface area contributed by atoms with Crippen molar-refractivity contribution < 1.29 is 14.3 Å². The highest BCUT2D eigenvalue weighted by Gasteiger charge is 2.22. The third-order valence-corrected chi connectivity index (χ3v) is 3.53. The number of carbonyl (C=O) groups is 1. The Morgan fingerprint density at radius 2 is 2.10 bits per heavy atom. The van der Waals surface area contributed by atoms with Gasteiger partial charge in [0.1, 0.15) is 0 Å². The van der Waals surface area contributed by atoms with Crippen LogP contribution in [0.15, 0.2) is 4.99 Å². The number of hydrogen-bond acceptors (Lipinski definition) is 4. The number of rotatable bonds is 5. The molecule has 0 aliphatic carbocycles. The number of ether oxygens (including phenoxy) is 2. The first-order chi connectivity index (χ1) is 9.62. The molecule has 20 heavy (non-hydrogen) atoms. The third kappa shape index (κ3) is 5.00. The van der Waals surface area contributed by atoms with E-state index >= 15 is 0 Å². The fraction of sp³-hybridized carbons (Fsp3) is 0.857. The summed E-state index contributed by atoms with van der Waals surface area (Å²) in [5.41, 5.74) is 0. The molecule has 1 heterocycles. The Labute approximate surface area is 121 Å². The normalized spacial score (nSPS) is 18.8. The zero-order valence-corrected chi connectivity index (χ0v) is 13.0. The summed E-state index contributed by atoms with van der Waals surface area (Å²) in [6, 6.07) is 0. The van der Waals surface area contributed by atoms with Crippen LogP contribution in [0.5, 0.6) is 0 Å². The topological polar surface area (TPSA) is 63.2 Å². The highest BCUT2D eigenvalue weighted by Crippen LogP contribution is 2.13. The van der Waals surface area contributed by atoms with Gasteiger partial charge in [0, 0.05) is 33.3 Å². The van der Waals surface area contributed by atoms with Crippen LogP contribution >= 0.6 is 0 Å². The minimum Gasteiger partial charge on any atom is -0.469 e. The van der Waals surface area contributed by atoms with E-state index in [4.69, 9.17) is 9.47 Å². The summed E-state index contributed by atoms with van der Waals surface area (Å²) in [6.07, 6.45) is 2.39. The molecule has 1 fully saturated rings. The lowest BCUT2D eigenvalue weighted by molar-refractivity contribution is -0.144. The summed E-state index contributed by atoms with van der Waals surface area (Å²) in [5, 5.41) is 3.24. The molecule has 1 unspecified atom stereocenters. The molecule has 1 aliphatic heterocycles. The maximum Gasteiger partial charge on any atom is 0.310 e. The van der Waals surface area contributed by atoms with Crippen molar-refractivity contribution in [2.75, 3.05) is 40.4 Å². The van der Waals surface area contributed by atoms with Crippen molar-refractivity contribution in [2.24, 2.45) is 10.9 Å². The van der Waals surface area contributed by atoms with Crippen molar-refractivity contribution in [3.8, 4) is 0 Å². The number of nitrogens with zero attached hydrogens (tertiary/aromatic N) is 2. The van der Waals surface area contributed by atoms with E-state index in [-0.39, 0.29) is 11.9 Å². The summed E-state index contributed by atoms with van der Waals surface area (Å²) in [6.45, 7) is 7.03. The highest BCUT2D eigenvalue weighted by atomic mass is 16.5. The van der Waals surface area contributed by atoms with E-state index in [0.29, 0.717) is 12.6 Å². The lowest BCUT2D eigenvalue weighted by Crippen LogP contribution is -2.48. The number of likely N-dealkylation sites (tertiary alicyclic amines) is 1. The molecule has 0 amide bonds. The Kier molecular flexibility index (Phi) is 7.36. The van der Waals surface area contributed by atoms with Gasteiger partial charge >= 0.3 is 5.97 Å². The van der Waals surface area contributed by atoms with Gasteiger partial charge in [0.05, 0.1) is 19.1 Å². The second-order valence-electron chi connectivity index (χ2n) is 4.99. The van der Waals surface area contributed by atoms with Crippen molar-refractivity contribution >= 4 is 11.9 Å². The molecule has 1 aliphatic rings. The van der Waals surface area contributed by atoms with Crippen molar-refractivity contribution in [3.63, 3.8) is 0 Å². The number of methoxy groups -OCH3 is 1. The van der Waals surface area contributed by atoms with Crippen LogP contribution in [0.1, 0.15) is 26.7 Å². The molecule has 1 saturated heterocycles. The number of hydrogen-bond donors (Lipinski definition) is 1. The molecule has 0 aromatic rings. The van der Waals surface area contributed by atoms with E-state index in [9.17, 15) is 4.79 Å². The van der Waals surface area contributed by atoms with E-state index in [2.05, 4.69) is 15.2 Å². The largest absolute Gasteiger partial charge is 0.469 e. The van der Waals surface area contributed by atoms with E-state index in [0.717, 1.165) is 38.5 Å². The summed E-state index contributed by atoms with van der Waals surface area (Å²) in [7, 11) is 3.17. The molecular formula is C14H27N3O3. The highest BCUT2D eigenvalue weighted by molar-refractivity contribution is 5.81. The second kappa shape index (κ2) is 8.79. The Morgan fingerprint density at radius 3 is 2.60 bits per heavy atom. The zero-order chi connectivity index (χ0) is 15.0. The molecule has 0 aromatic heterocycles. The number of carbonyl (C=O) groups excluding carboxylic acids is 1. The molecular weight excluding hydrogens is 258 g/mol. The molecule has 0 aromatic carbocycles. The van der Waals surface area contributed by atoms with Crippen molar-refractivity contribution in [3.05, 3.63) is 0 Å². The van der Waals surface area contributed by atoms with Gasteiger partial charge in [-0.25, -0.2) is 0 Å². The molecule has 116 valence electrons. The molecule has 0 saturated carbocycles. The predicted octanol–water partition coefficient (Wildman–Crippen LogP) is 0.872. The first-order valence-electron chi connectivity index (χ1n) is 7.27. The average Bonchev–Trinajstić information content (AvgIpc) is 2.48. The summed E-state index contributed by atoms with van der Waals surface area (Å²) in [5.74, 6) is 0.455. The lowest BCUT2D eigenvalue weighted by atomic mass is 10.1. The summed E-state index contributed by atoms with van der Waals surface area (Å²) < 4.78 is 10.4. The molecule has 6 heteroatoms. The molecule has 1 atom stereocenters. The van der Waals surface area contributed by atoms with Crippen LogP contribution < -0.4 is 5.32 Å². The SMILES string of the molecule is CCOC1CCN(C(=NC)NCC(C)C(=O)OC)CC1. The van der Waals surface area contributed by atoms with Crippen LogP contribution in [0, 0.1) is 5.92 Å². The predicted molar refractivity (Wildman–Crippen MR) is 78.8 cm³/mol. The Balaban J connectivity index is 2.39. The van der Waals surface area contributed by atoms with Crippen LogP contribution in [-0.4, -0.2) is 63.3 Å². The maximum absolute atomic E-state index is 11.4. The Hall–Kier alpha value is -1.30. The number of esters is 1. The van der Waals surface area contributed by atoms with Gasteiger partial charge in [-0.1, -0.05) is 6.92 Å². The van der Waals surface area contributed by atoms with E-state index < -0.39 is 0 Å². The molecule has 1 rings (SSSR count). The zero-order valence-electron chi connectivity index (χ0n) is 13.0. The quantitative estimate of drug-likeness (QED) is 0.461. The number of aliphatic imine (C=N–C) groups is 1. The van der Waals surface area contributed by atoms with Gasteiger partial charge in [-0.2, -0.15) is 0 Å². The first kappa shape index (κ1) is 16.8. The fourth-order valence-corrected chi connectivity index (χ4v) is 2.33. The van der Waals surface area contributed by atoms with Crippen molar-refractivity contribution in [1.82, 2.24) is 10.2 Å². The molecule has 0 spiro atoms. The molecule has 0 radical (unpaired) electrons. The minimum absolute atomic E-state index is 0.183. The fourth-order valence-electron chi connectivity index (χ4n) is 2.33. The van der Waals surface area contributed by atoms with Crippen LogP contribution in [-0.2, 0) is 14.3 Å². The Morgan fingerprint density at radius 1 is 1.45 bits per heavy atom. The summed E-state index contributed by atoms with van der Waals surface area (Å²) >= 11 is 0. The van der Waals surface area contributed by atoms with Gasteiger partial charge in [-0.05, 0) is 19.8 Å². The lowest BCUT2D eigenvalue weighted by Gasteiger charge is -2.34. The monoisotopic (exact) mass is 285 g/mol. The number of piperidine rings is 1.